The molecule has 2 bridgehead atoms. The van der Waals surface area contributed by atoms with Crippen molar-refractivity contribution >= 4 is 34.8 Å². The molecule has 7 nitrogen and oxygen atoms in total. The van der Waals surface area contributed by atoms with Gasteiger partial charge < -0.3 is 4.74 Å². The second kappa shape index (κ2) is 7.14. The summed E-state index contributed by atoms with van der Waals surface area (Å²) in [5.41, 5.74) is 3.03. The summed E-state index contributed by atoms with van der Waals surface area (Å²) >= 11 is 7.39. The number of hydrogen-bond acceptors (Lipinski definition) is 5. The number of rotatable bonds is 4. The van der Waals surface area contributed by atoms with E-state index in [1.807, 2.05) is 48.5 Å². The highest BCUT2D eigenvalue weighted by atomic mass is 35.5. The van der Waals surface area contributed by atoms with E-state index in [0.29, 0.717) is 12.4 Å². The number of anilines is 1. The fraction of sp³-hybridized carbons (Fsp3) is 0.231. The molecule has 1 fully saturated rings. The van der Waals surface area contributed by atoms with Crippen molar-refractivity contribution in [2.75, 3.05) is 11.5 Å². The number of carbonyl (C=O) groups is 2. The Morgan fingerprint density at radius 1 is 1.00 bits per heavy atom. The van der Waals surface area contributed by atoms with Crippen LogP contribution in [0.3, 0.4) is 0 Å². The molecule has 8 heteroatoms. The molecule has 0 unspecified atom stereocenters. The Morgan fingerprint density at radius 3 is 2.21 bits per heavy atom. The van der Waals surface area contributed by atoms with E-state index in [0.717, 1.165) is 27.2 Å². The highest BCUT2D eigenvalue weighted by Crippen LogP contribution is 2.66. The number of ether oxygens (including phenoxy) is 1. The maximum atomic E-state index is 13.9. The SMILES string of the molecule is CCOc1ccc(N2C(=O)[C@@H]3[C@@H](C2=O)C2c4ccccc4C3(Cl)c3ccccc32)c([N+](=O)[O-])c1. The van der Waals surface area contributed by atoms with Crippen LogP contribution in [0, 0.1) is 22.0 Å². The van der Waals surface area contributed by atoms with E-state index in [1.165, 1.54) is 18.2 Å². The summed E-state index contributed by atoms with van der Waals surface area (Å²) in [5.74, 6) is -2.68. The standard InChI is InChI=1S/C26H19ClN2O5/c1-2-34-14-11-12-19(20(13-14)29(32)33)28-24(30)22-21-15-7-3-5-9-17(15)26(27,23(22)25(28)31)18-10-6-4-8-16(18)21/h3-13,21-23H,2H2,1H3/t21?,22-,23-,26?/m0/s1. The van der Waals surface area contributed by atoms with Crippen LogP contribution in [0.2, 0.25) is 0 Å². The minimum Gasteiger partial charge on any atom is -0.494 e. The fourth-order valence-corrected chi connectivity index (χ4v) is 6.58. The molecule has 0 aromatic heterocycles. The molecule has 3 aromatic carbocycles. The largest absolute Gasteiger partial charge is 0.494 e. The van der Waals surface area contributed by atoms with Gasteiger partial charge in [0.05, 0.1) is 29.4 Å². The van der Waals surface area contributed by atoms with Crippen LogP contribution in [-0.2, 0) is 14.5 Å². The third-order valence-electron chi connectivity index (χ3n) is 7.21. The smallest absolute Gasteiger partial charge is 0.297 e. The predicted molar refractivity (Wildman–Crippen MR) is 125 cm³/mol. The molecule has 7 rings (SSSR count). The van der Waals surface area contributed by atoms with Crippen LogP contribution in [0.5, 0.6) is 5.75 Å². The zero-order valence-electron chi connectivity index (χ0n) is 18.1. The number of hydrogen-bond donors (Lipinski definition) is 0. The van der Waals surface area contributed by atoms with Gasteiger partial charge in [0, 0.05) is 5.92 Å². The molecule has 1 aliphatic heterocycles. The zero-order chi connectivity index (χ0) is 23.8. The van der Waals surface area contributed by atoms with Crippen molar-refractivity contribution in [2.45, 2.75) is 17.7 Å². The Labute approximate surface area is 200 Å². The van der Waals surface area contributed by atoms with Gasteiger partial charge in [-0.25, -0.2) is 4.90 Å². The topological polar surface area (TPSA) is 89.8 Å². The van der Waals surface area contributed by atoms with Crippen molar-refractivity contribution < 1.29 is 19.2 Å². The molecule has 4 aliphatic rings. The summed E-state index contributed by atoms with van der Waals surface area (Å²) in [7, 11) is 0. The molecule has 34 heavy (non-hydrogen) atoms. The lowest BCUT2D eigenvalue weighted by Gasteiger charge is -2.50. The van der Waals surface area contributed by atoms with Crippen LogP contribution in [0.15, 0.2) is 66.7 Å². The number of amides is 2. The van der Waals surface area contributed by atoms with E-state index in [2.05, 4.69) is 0 Å². The number of nitro benzene ring substituents is 1. The van der Waals surface area contributed by atoms with Crippen molar-refractivity contribution in [3.8, 4) is 5.75 Å². The minimum atomic E-state index is -1.24. The monoisotopic (exact) mass is 474 g/mol. The first-order chi connectivity index (χ1) is 16.4. The first-order valence-corrected chi connectivity index (χ1v) is 11.4. The van der Waals surface area contributed by atoms with Gasteiger partial charge in [-0.15, -0.1) is 11.6 Å². The van der Waals surface area contributed by atoms with Gasteiger partial charge in [0.2, 0.25) is 11.8 Å². The maximum Gasteiger partial charge on any atom is 0.297 e. The zero-order valence-corrected chi connectivity index (χ0v) is 18.9. The van der Waals surface area contributed by atoms with Gasteiger partial charge in [-0.05, 0) is 41.3 Å². The molecular formula is C26H19ClN2O5. The molecular weight excluding hydrogens is 456 g/mol. The van der Waals surface area contributed by atoms with E-state index >= 15 is 0 Å². The van der Waals surface area contributed by atoms with Crippen molar-refractivity contribution in [2.24, 2.45) is 11.8 Å². The Morgan fingerprint density at radius 2 is 1.62 bits per heavy atom. The highest BCUT2D eigenvalue weighted by Gasteiger charge is 2.68. The van der Waals surface area contributed by atoms with Crippen LogP contribution < -0.4 is 9.64 Å². The molecule has 0 spiro atoms. The van der Waals surface area contributed by atoms with Gasteiger partial charge in [-0.3, -0.25) is 19.7 Å². The number of imide groups is 1. The molecule has 3 aliphatic carbocycles. The molecule has 0 radical (unpaired) electrons. The lowest BCUT2D eigenvalue weighted by molar-refractivity contribution is -0.384. The molecule has 3 aromatic rings. The second-order valence-electron chi connectivity index (χ2n) is 8.72. The molecule has 2 amide bonds. The third kappa shape index (κ3) is 2.47. The summed E-state index contributed by atoms with van der Waals surface area (Å²) in [6, 6.07) is 19.4. The number of carbonyl (C=O) groups excluding carboxylic acids is 2. The molecule has 1 saturated heterocycles. The van der Waals surface area contributed by atoms with Crippen LogP contribution >= 0.6 is 11.6 Å². The first-order valence-electron chi connectivity index (χ1n) is 11.1. The van der Waals surface area contributed by atoms with E-state index in [9.17, 15) is 19.7 Å². The van der Waals surface area contributed by atoms with Gasteiger partial charge in [-0.2, -0.15) is 0 Å². The van der Waals surface area contributed by atoms with Crippen molar-refractivity contribution in [1.82, 2.24) is 0 Å². The fourth-order valence-electron chi connectivity index (χ4n) is 6.01. The van der Waals surface area contributed by atoms with Gasteiger partial charge in [0.1, 0.15) is 16.3 Å². The van der Waals surface area contributed by atoms with Crippen LogP contribution in [0.1, 0.15) is 35.1 Å². The van der Waals surface area contributed by atoms with Crippen LogP contribution in [0.25, 0.3) is 0 Å². The summed E-state index contributed by atoms with van der Waals surface area (Å²) in [6.45, 7) is 2.10. The molecule has 170 valence electrons. The van der Waals surface area contributed by atoms with E-state index in [4.69, 9.17) is 16.3 Å². The highest BCUT2D eigenvalue weighted by molar-refractivity contribution is 6.33. The van der Waals surface area contributed by atoms with Crippen molar-refractivity contribution in [1.29, 1.82) is 0 Å². The number of halogens is 1. The summed E-state index contributed by atoms with van der Waals surface area (Å²) in [5, 5.41) is 11.9. The Hall–Kier alpha value is -3.71. The number of nitrogens with zero attached hydrogens (tertiary/aromatic N) is 2. The lowest BCUT2D eigenvalue weighted by Crippen LogP contribution is -2.50. The van der Waals surface area contributed by atoms with Crippen molar-refractivity contribution in [3.63, 3.8) is 0 Å². The lowest BCUT2D eigenvalue weighted by atomic mass is 9.54. The molecule has 0 N–H and O–H groups in total. The minimum absolute atomic E-state index is 0.0642. The van der Waals surface area contributed by atoms with Crippen molar-refractivity contribution in [3.05, 3.63) is 99.1 Å². The normalized spacial score (nSPS) is 26.2. The Balaban J connectivity index is 1.56. The molecule has 2 atom stereocenters. The number of nitro groups is 1. The van der Waals surface area contributed by atoms with E-state index < -0.39 is 33.4 Å². The average molecular weight is 475 g/mol. The number of alkyl halides is 1. The third-order valence-corrected chi connectivity index (χ3v) is 7.85. The number of benzene rings is 3. The summed E-state index contributed by atoms with van der Waals surface area (Å²) < 4.78 is 5.39. The maximum absolute atomic E-state index is 13.9. The summed E-state index contributed by atoms with van der Waals surface area (Å²) in [6.07, 6.45) is 0. The first kappa shape index (κ1) is 20.9. The van der Waals surface area contributed by atoms with Gasteiger partial charge in [-0.1, -0.05) is 48.5 Å². The van der Waals surface area contributed by atoms with Gasteiger partial charge >= 0.3 is 0 Å². The summed E-state index contributed by atoms with van der Waals surface area (Å²) in [4.78, 5) is 38.8. The average Bonchev–Trinajstić information content (AvgIpc) is 3.11. The van der Waals surface area contributed by atoms with Gasteiger partial charge in [0.25, 0.3) is 5.69 Å². The predicted octanol–water partition coefficient (Wildman–Crippen LogP) is 4.74. The molecule has 0 saturated carbocycles. The second-order valence-corrected chi connectivity index (χ2v) is 9.32. The van der Waals surface area contributed by atoms with E-state index in [-0.39, 0.29) is 17.3 Å². The Bertz CT molecular complexity index is 1360. The van der Waals surface area contributed by atoms with E-state index in [1.54, 1.807) is 6.92 Å². The van der Waals surface area contributed by atoms with Gasteiger partial charge in [0.15, 0.2) is 0 Å². The van der Waals surface area contributed by atoms with Crippen LogP contribution in [0.4, 0.5) is 11.4 Å². The van der Waals surface area contributed by atoms with Crippen LogP contribution in [-0.4, -0.2) is 23.3 Å². The quantitative estimate of drug-likeness (QED) is 0.236. The molecule has 1 heterocycles. The Kier molecular flexibility index (Phi) is 4.38.